The Kier molecular flexibility index (Phi) is 4.56. The monoisotopic (exact) mass is 238 g/mol. The van der Waals surface area contributed by atoms with Gasteiger partial charge in [0.2, 0.25) is 0 Å². The standard InChI is InChI=1S/C15H26O2/c1-6-15(5)11-7-8-12(2)9-10-13(17-15)14(3,4)16/h6,8,13,16H,1,7,9-11H2,2-5H3/t13-,15-/m0/s1. The van der Waals surface area contributed by atoms with Crippen molar-refractivity contribution in [1.29, 1.82) is 0 Å². The van der Waals surface area contributed by atoms with Crippen molar-refractivity contribution in [2.45, 2.75) is 70.7 Å². The molecule has 0 saturated heterocycles. The second-order valence-electron chi connectivity index (χ2n) is 5.90. The highest BCUT2D eigenvalue weighted by Gasteiger charge is 2.34. The molecule has 2 nitrogen and oxygen atoms in total. The Morgan fingerprint density at radius 3 is 2.76 bits per heavy atom. The summed E-state index contributed by atoms with van der Waals surface area (Å²) < 4.78 is 6.12. The largest absolute Gasteiger partial charge is 0.388 e. The third-order valence-electron chi connectivity index (χ3n) is 3.57. The molecule has 0 spiro atoms. The van der Waals surface area contributed by atoms with E-state index in [9.17, 15) is 5.11 Å². The summed E-state index contributed by atoms with van der Waals surface area (Å²) in [6.45, 7) is 11.7. The number of hydrogen-bond acceptors (Lipinski definition) is 2. The summed E-state index contributed by atoms with van der Waals surface area (Å²) in [6.07, 6.45) is 7.76. The first-order valence-corrected chi connectivity index (χ1v) is 6.46. The van der Waals surface area contributed by atoms with E-state index in [0.717, 1.165) is 25.7 Å². The van der Waals surface area contributed by atoms with Crippen molar-refractivity contribution in [1.82, 2.24) is 0 Å². The SMILES string of the molecule is C=C[C@@]1(C)CCC=C(C)CC[C@@H](C(C)(C)O)O1. The number of ether oxygens (including phenoxy) is 1. The van der Waals surface area contributed by atoms with Gasteiger partial charge in [-0.25, -0.2) is 0 Å². The van der Waals surface area contributed by atoms with Crippen LogP contribution in [-0.4, -0.2) is 22.4 Å². The molecular weight excluding hydrogens is 212 g/mol. The fraction of sp³-hybridized carbons (Fsp3) is 0.733. The Balaban J connectivity index is 2.91. The molecule has 1 aliphatic rings. The third kappa shape index (κ3) is 4.29. The lowest BCUT2D eigenvalue weighted by atomic mass is 9.94. The highest BCUT2D eigenvalue weighted by molar-refractivity contribution is 5.04. The molecule has 2 heteroatoms. The van der Waals surface area contributed by atoms with Gasteiger partial charge in [0, 0.05) is 0 Å². The van der Waals surface area contributed by atoms with Gasteiger partial charge in [-0.15, -0.1) is 6.58 Å². The van der Waals surface area contributed by atoms with Crippen molar-refractivity contribution in [2.75, 3.05) is 0 Å². The van der Waals surface area contributed by atoms with Crippen LogP contribution in [0.1, 0.15) is 53.4 Å². The van der Waals surface area contributed by atoms with Crippen molar-refractivity contribution in [3.8, 4) is 0 Å². The molecule has 1 N–H and O–H groups in total. The van der Waals surface area contributed by atoms with Crippen molar-refractivity contribution in [3.63, 3.8) is 0 Å². The van der Waals surface area contributed by atoms with Gasteiger partial charge in [-0.2, -0.15) is 0 Å². The fourth-order valence-electron chi connectivity index (χ4n) is 2.16. The van der Waals surface area contributed by atoms with Crippen molar-refractivity contribution in [3.05, 3.63) is 24.3 Å². The molecular formula is C15H26O2. The smallest absolute Gasteiger partial charge is 0.0871 e. The van der Waals surface area contributed by atoms with Crippen molar-refractivity contribution < 1.29 is 9.84 Å². The maximum Gasteiger partial charge on any atom is 0.0871 e. The van der Waals surface area contributed by atoms with Gasteiger partial charge in [-0.3, -0.25) is 0 Å². The normalized spacial score (nSPS) is 32.1. The minimum absolute atomic E-state index is 0.146. The molecule has 0 aromatic heterocycles. The zero-order chi connectivity index (χ0) is 13.1. The van der Waals surface area contributed by atoms with Gasteiger partial charge in [-0.1, -0.05) is 17.7 Å². The molecule has 0 unspecified atom stereocenters. The summed E-state index contributed by atoms with van der Waals surface area (Å²) in [7, 11) is 0. The molecule has 1 rings (SSSR count). The molecule has 0 radical (unpaired) electrons. The quantitative estimate of drug-likeness (QED) is 0.745. The van der Waals surface area contributed by atoms with E-state index in [1.54, 1.807) is 0 Å². The van der Waals surface area contributed by atoms with Crippen LogP contribution >= 0.6 is 0 Å². The zero-order valence-corrected chi connectivity index (χ0v) is 11.6. The first-order chi connectivity index (χ1) is 7.77. The van der Waals surface area contributed by atoms with Crippen LogP contribution in [0.5, 0.6) is 0 Å². The highest BCUT2D eigenvalue weighted by Crippen LogP contribution is 2.30. The van der Waals surface area contributed by atoms with Crippen LogP contribution in [0.15, 0.2) is 24.3 Å². The van der Waals surface area contributed by atoms with Gasteiger partial charge < -0.3 is 9.84 Å². The van der Waals surface area contributed by atoms with Gasteiger partial charge in [0.25, 0.3) is 0 Å². The van der Waals surface area contributed by atoms with Crippen LogP contribution in [-0.2, 0) is 4.74 Å². The first-order valence-electron chi connectivity index (χ1n) is 6.46. The molecule has 0 aromatic carbocycles. The van der Waals surface area contributed by atoms with Crippen LogP contribution in [0, 0.1) is 0 Å². The summed E-state index contributed by atoms with van der Waals surface area (Å²) in [6, 6.07) is 0. The van der Waals surface area contributed by atoms with E-state index in [4.69, 9.17) is 4.74 Å². The fourth-order valence-corrected chi connectivity index (χ4v) is 2.16. The molecule has 1 aliphatic heterocycles. The third-order valence-corrected chi connectivity index (χ3v) is 3.57. The predicted octanol–water partition coefficient (Wildman–Crippen LogP) is 3.61. The van der Waals surface area contributed by atoms with Crippen LogP contribution < -0.4 is 0 Å². The molecule has 0 amide bonds. The van der Waals surface area contributed by atoms with Crippen LogP contribution in [0.25, 0.3) is 0 Å². The lowest BCUT2D eigenvalue weighted by Crippen LogP contribution is -2.44. The molecule has 98 valence electrons. The Hall–Kier alpha value is -0.600. The molecule has 0 aromatic rings. The van der Waals surface area contributed by atoms with Crippen molar-refractivity contribution >= 4 is 0 Å². The summed E-state index contributed by atoms with van der Waals surface area (Å²) in [4.78, 5) is 0. The van der Waals surface area contributed by atoms with Gasteiger partial charge in [0.15, 0.2) is 0 Å². The molecule has 17 heavy (non-hydrogen) atoms. The van der Waals surface area contributed by atoms with Gasteiger partial charge >= 0.3 is 0 Å². The summed E-state index contributed by atoms with van der Waals surface area (Å²) in [5.41, 5.74) is 0.233. The van der Waals surface area contributed by atoms with Crippen LogP contribution in [0.3, 0.4) is 0 Å². The number of aliphatic hydroxyl groups is 1. The average Bonchev–Trinajstić information content (AvgIpc) is 2.28. The maximum atomic E-state index is 10.2. The molecule has 0 saturated carbocycles. The molecule has 1 heterocycles. The zero-order valence-electron chi connectivity index (χ0n) is 11.6. The Labute approximate surface area is 105 Å². The van der Waals surface area contributed by atoms with E-state index in [1.807, 2.05) is 26.8 Å². The Morgan fingerprint density at radius 1 is 1.59 bits per heavy atom. The van der Waals surface area contributed by atoms with E-state index in [1.165, 1.54) is 5.57 Å². The first kappa shape index (κ1) is 14.5. The lowest BCUT2D eigenvalue weighted by Gasteiger charge is -2.37. The van der Waals surface area contributed by atoms with Gasteiger partial charge in [0.1, 0.15) is 0 Å². The van der Waals surface area contributed by atoms with E-state index in [-0.39, 0.29) is 11.7 Å². The summed E-state index contributed by atoms with van der Waals surface area (Å²) in [5, 5.41) is 10.2. The summed E-state index contributed by atoms with van der Waals surface area (Å²) >= 11 is 0. The van der Waals surface area contributed by atoms with Crippen LogP contribution in [0.4, 0.5) is 0 Å². The minimum Gasteiger partial charge on any atom is -0.388 e. The van der Waals surface area contributed by atoms with E-state index in [0.29, 0.717) is 0 Å². The van der Waals surface area contributed by atoms with Gasteiger partial charge in [0.05, 0.1) is 17.3 Å². The van der Waals surface area contributed by atoms with E-state index in [2.05, 4.69) is 19.6 Å². The Morgan fingerprint density at radius 2 is 2.24 bits per heavy atom. The molecule has 2 atom stereocenters. The average molecular weight is 238 g/mol. The van der Waals surface area contributed by atoms with Crippen LogP contribution in [0.2, 0.25) is 0 Å². The summed E-state index contributed by atoms with van der Waals surface area (Å²) in [5.74, 6) is 0. The maximum absolute atomic E-state index is 10.2. The molecule has 0 aliphatic carbocycles. The Bertz CT molecular complexity index is 299. The topological polar surface area (TPSA) is 29.5 Å². The number of hydrogen-bond donors (Lipinski definition) is 1. The second kappa shape index (κ2) is 5.36. The molecule has 0 bridgehead atoms. The highest BCUT2D eigenvalue weighted by atomic mass is 16.5. The van der Waals surface area contributed by atoms with Crippen molar-refractivity contribution in [2.24, 2.45) is 0 Å². The second-order valence-corrected chi connectivity index (χ2v) is 5.90. The van der Waals surface area contributed by atoms with E-state index >= 15 is 0 Å². The minimum atomic E-state index is -0.811. The molecule has 0 fully saturated rings. The number of allylic oxidation sites excluding steroid dienone is 2. The lowest BCUT2D eigenvalue weighted by molar-refractivity contribution is -0.144. The number of rotatable bonds is 2. The predicted molar refractivity (Wildman–Crippen MR) is 72.0 cm³/mol. The van der Waals surface area contributed by atoms with E-state index < -0.39 is 5.60 Å². The van der Waals surface area contributed by atoms with Gasteiger partial charge in [-0.05, 0) is 53.4 Å².